The van der Waals surface area contributed by atoms with Crippen LogP contribution in [0.15, 0.2) is 29.9 Å². The molecule has 0 spiro atoms. The number of rotatable bonds is 2. The van der Waals surface area contributed by atoms with Gasteiger partial charge < -0.3 is 10.7 Å². The van der Waals surface area contributed by atoms with E-state index in [1.54, 1.807) is 23.7 Å². The standard InChI is InChI=1S/C8H9N3S/c9-7(6-2-1-5-12-6)8-10-3-4-11-8/h1-5,7H,9H2,(H,10,11). The number of aromatic nitrogens is 2. The fraction of sp³-hybridized carbons (Fsp3) is 0.125. The molecule has 0 fully saturated rings. The maximum Gasteiger partial charge on any atom is 0.128 e. The highest BCUT2D eigenvalue weighted by atomic mass is 32.1. The number of thiophene rings is 1. The van der Waals surface area contributed by atoms with Crippen molar-refractivity contribution in [2.75, 3.05) is 0 Å². The van der Waals surface area contributed by atoms with Crippen LogP contribution in [0, 0.1) is 0 Å². The van der Waals surface area contributed by atoms with Gasteiger partial charge in [0.05, 0.1) is 6.04 Å². The summed E-state index contributed by atoms with van der Waals surface area (Å²) in [5, 5.41) is 2.01. The van der Waals surface area contributed by atoms with Crippen LogP contribution in [-0.4, -0.2) is 9.97 Å². The largest absolute Gasteiger partial charge is 0.347 e. The van der Waals surface area contributed by atoms with E-state index in [9.17, 15) is 0 Å². The first-order valence-electron chi connectivity index (χ1n) is 3.66. The Morgan fingerprint density at radius 3 is 3.08 bits per heavy atom. The van der Waals surface area contributed by atoms with Gasteiger partial charge in [0, 0.05) is 17.3 Å². The van der Waals surface area contributed by atoms with Crippen LogP contribution in [0.5, 0.6) is 0 Å². The Hall–Kier alpha value is -1.13. The first kappa shape index (κ1) is 7.52. The van der Waals surface area contributed by atoms with Crippen LogP contribution in [0.3, 0.4) is 0 Å². The van der Waals surface area contributed by atoms with Gasteiger partial charge in [-0.1, -0.05) is 6.07 Å². The Kier molecular flexibility index (Phi) is 1.93. The molecule has 0 aliphatic rings. The smallest absolute Gasteiger partial charge is 0.128 e. The summed E-state index contributed by atoms with van der Waals surface area (Å²) in [7, 11) is 0. The third-order valence-electron chi connectivity index (χ3n) is 1.66. The van der Waals surface area contributed by atoms with E-state index in [0.29, 0.717) is 0 Å². The number of nitrogens with one attached hydrogen (secondary N) is 1. The predicted molar refractivity (Wildman–Crippen MR) is 48.9 cm³/mol. The molecular formula is C8H9N3S. The number of nitrogens with two attached hydrogens (primary N) is 1. The SMILES string of the molecule is NC(c1ncc[nH]1)c1cccs1. The van der Waals surface area contributed by atoms with Gasteiger partial charge in [-0.15, -0.1) is 11.3 Å². The molecule has 0 bridgehead atoms. The second-order valence-corrected chi connectivity index (χ2v) is 3.45. The maximum atomic E-state index is 5.92. The topological polar surface area (TPSA) is 54.7 Å². The number of imidazole rings is 1. The summed E-state index contributed by atoms with van der Waals surface area (Å²) in [4.78, 5) is 8.22. The number of nitrogens with zero attached hydrogens (tertiary/aromatic N) is 1. The van der Waals surface area contributed by atoms with Crippen molar-refractivity contribution in [3.8, 4) is 0 Å². The van der Waals surface area contributed by atoms with E-state index >= 15 is 0 Å². The third kappa shape index (κ3) is 1.26. The Labute approximate surface area is 74.3 Å². The van der Waals surface area contributed by atoms with Crippen LogP contribution in [0.25, 0.3) is 0 Å². The zero-order valence-corrected chi connectivity index (χ0v) is 7.21. The van der Waals surface area contributed by atoms with Crippen molar-refractivity contribution in [1.29, 1.82) is 0 Å². The molecule has 0 radical (unpaired) electrons. The molecule has 2 rings (SSSR count). The predicted octanol–water partition coefficient (Wildman–Crippen LogP) is 1.52. The highest BCUT2D eigenvalue weighted by Crippen LogP contribution is 2.20. The second-order valence-electron chi connectivity index (χ2n) is 2.47. The van der Waals surface area contributed by atoms with E-state index < -0.39 is 0 Å². The van der Waals surface area contributed by atoms with E-state index in [4.69, 9.17) is 5.73 Å². The molecule has 0 aliphatic carbocycles. The molecule has 2 aromatic rings. The molecule has 1 unspecified atom stereocenters. The first-order valence-corrected chi connectivity index (χ1v) is 4.54. The van der Waals surface area contributed by atoms with Crippen molar-refractivity contribution in [3.05, 3.63) is 40.6 Å². The van der Waals surface area contributed by atoms with Gasteiger partial charge >= 0.3 is 0 Å². The average molecular weight is 179 g/mol. The van der Waals surface area contributed by atoms with Crippen LogP contribution in [-0.2, 0) is 0 Å². The Morgan fingerprint density at radius 2 is 2.50 bits per heavy atom. The third-order valence-corrected chi connectivity index (χ3v) is 2.62. The number of hydrogen-bond donors (Lipinski definition) is 2. The molecule has 0 saturated carbocycles. The molecule has 2 aromatic heterocycles. The van der Waals surface area contributed by atoms with Gasteiger partial charge in [0.15, 0.2) is 0 Å². The Morgan fingerprint density at radius 1 is 1.58 bits per heavy atom. The lowest BCUT2D eigenvalue weighted by atomic mass is 10.2. The van der Waals surface area contributed by atoms with Crippen LogP contribution >= 0.6 is 11.3 Å². The molecule has 12 heavy (non-hydrogen) atoms. The average Bonchev–Trinajstić information content (AvgIpc) is 2.77. The maximum absolute atomic E-state index is 5.92. The minimum atomic E-state index is -0.111. The molecule has 0 saturated heterocycles. The molecule has 62 valence electrons. The molecule has 0 aliphatic heterocycles. The fourth-order valence-corrected chi connectivity index (χ4v) is 1.78. The normalized spacial score (nSPS) is 13.1. The summed E-state index contributed by atoms with van der Waals surface area (Å²) >= 11 is 1.64. The van der Waals surface area contributed by atoms with Crippen LogP contribution in [0.1, 0.15) is 16.7 Å². The summed E-state index contributed by atoms with van der Waals surface area (Å²) in [6.07, 6.45) is 3.49. The highest BCUT2D eigenvalue weighted by Gasteiger charge is 2.10. The van der Waals surface area contributed by atoms with Gasteiger partial charge in [0.25, 0.3) is 0 Å². The molecule has 3 N–H and O–H groups in total. The lowest BCUT2D eigenvalue weighted by Crippen LogP contribution is -2.11. The zero-order chi connectivity index (χ0) is 8.39. The first-order chi connectivity index (χ1) is 5.88. The van der Waals surface area contributed by atoms with Crippen molar-refractivity contribution < 1.29 is 0 Å². The number of aromatic amines is 1. The molecular weight excluding hydrogens is 170 g/mol. The van der Waals surface area contributed by atoms with E-state index in [1.807, 2.05) is 17.5 Å². The van der Waals surface area contributed by atoms with Gasteiger partial charge in [-0.05, 0) is 11.4 Å². The van der Waals surface area contributed by atoms with Crippen LogP contribution < -0.4 is 5.73 Å². The molecule has 0 aromatic carbocycles. The zero-order valence-electron chi connectivity index (χ0n) is 6.40. The Balaban J connectivity index is 2.27. The van der Waals surface area contributed by atoms with E-state index in [1.165, 1.54) is 0 Å². The molecule has 4 heteroatoms. The van der Waals surface area contributed by atoms with E-state index in [-0.39, 0.29) is 6.04 Å². The highest BCUT2D eigenvalue weighted by molar-refractivity contribution is 7.10. The van der Waals surface area contributed by atoms with Crippen molar-refractivity contribution in [1.82, 2.24) is 9.97 Å². The van der Waals surface area contributed by atoms with Gasteiger partial charge in [0.1, 0.15) is 5.82 Å². The lowest BCUT2D eigenvalue weighted by Gasteiger charge is -2.04. The monoisotopic (exact) mass is 179 g/mol. The molecule has 3 nitrogen and oxygen atoms in total. The number of H-pyrrole nitrogens is 1. The summed E-state index contributed by atoms with van der Waals surface area (Å²) in [6, 6.07) is 3.89. The summed E-state index contributed by atoms with van der Waals surface area (Å²) < 4.78 is 0. The Bertz CT molecular complexity index is 291. The molecule has 1 atom stereocenters. The van der Waals surface area contributed by atoms with Gasteiger partial charge in [0.2, 0.25) is 0 Å². The minimum Gasteiger partial charge on any atom is -0.347 e. The summed E-state index contributed by atoms with van der Waals surface area (Å²) in [5.74, 6) is 0.817. The summed E-state index contributed by atoms with van der Waals surface area (Å²) in [5.41, 5.74) is 5.92. The van der Waals surface area contributed by atoms with Gasteiger partial charge in [-0.2, -0.15) is 0 Å². The quantitative estimate of drug-likeness (QED) is 0.734. The van der Waals surface area contributed by atoms with Crippen molar-refractivity contribution in [2.45, 2.75) is 6.04 Å². The fourth-order valence-electron chi connectivity index (χ4n) is 1.05. The van der Waals surface area contributed by atoms with Gasteiger partial charge in [-0.25, -0.2) is 4.98 Å². The van der Waals surface area contributed by atoms with Crippen LogP contribution in [0.4, 0.5) is 0 Å². The van der Waals surface area contributed by atoms with E-state index in [0.717, 1.165) is 10.7 Å². The van der Waals surface area contributed by atoms with Crippen molar-refractivity contribution in [2.24, 2.45) is 5.73 Å². The van der Waals surface area contributed by atoms with Crippen molar-refractivity contribution >= 4 is 11.3 Å². The van der Waals surface area contributed by atoms with Crippen LogP contribution in [0.2, 0.25) is 0 Å². The van der Waals surface area contributed by atoms with Gasteiger partial charge in [-0.3, -0.25) is 0 Å². The van der Waals surface area contributed by atoms with Crippen molar-refractivity contribution in [3.63, 3.8) is 0 Å². The second kappa shape index (κ2) is 3.08. The minimum absolute atomic E-state index is 0.111. The number of hydrogen-bond acceptors (Lipinski definition) is 3. The lowest BCUT2D eigenvalue weighted by molar-refractivity contribution is 0.817. The summed E-state index contributed by atoms with van der Waals surface area (Å²) in [6.45, 7) is 0. The van der Waals surface area contributed by atoms with E-state index in [2.05, 4.69) is 9.97 Å². The molecule has 0 amide bonds. The molecule has 2 heterocycles.